The van der Waals surface area contributed by atoms with Crippen molar-refractivity contribution >= 4 is 27.1 Å². The summed E-state index contributed by atoms with van der Waals surface area (Å²) in [6.07, 6.45) is 2.84. The van der Waals surface area contributed by atoms with Gasteiger partial charge in [-0.05, 0) is 18.6 Å². The summed E-state index contributed by atoms with van der Waals surface area (Å²) in [4.78, 5) is 4.45. The zero-order valence-electron chi connectivity index (χ0n) is 12.2. The molecular formula is C17H15N3OS. The van der Waals surface area contributed by atoms with Gasteiger partial charge in [0.05, 0.1) is 18.5 Å². The molecule has 4 nitrogen and oxygen atoms in total. The van der Waals surface area contributed by atoms with Gasteiger partial charge in [0, 0.05) is 27.1 Å². The van der Waals surface area contributed by atoms with Crippen LogP contribution < -0.4 is 4.74 Å². The fraction of sp³-hybridized carbons (Fsp3) is 0.176. The van der Waals surface area contributed by atoms with E-state index >= 15 is 0 Å². The Balaban J connectivity index is 1.87. The third-order valence-electron chi connectivity index (χ3n) is 3.55. The minimum atomic E-state index is 0.633. The molecular weight excluding hydrogens is 294 g/mol. The molecule has 0 atom stereocenters. The van der Waals surface area contributed by atoms with Crippen LogP contribution >= 0.6 is 11.3 Å². The zero-order valence-corrected chi connectivity index (χ0v) is 13.0. The van der Waals surface area contributed by atoms with E-state index in [0.717, 1.165) is 23.3 Å². The number of ether oxygens (including phenoxy) is 1. The quantitative estimate of drug-likeness (QED) is 0.561. The van der Waals surface area contributed by atoms with Gasteiger partial charge in [-0.2, -0.15) is 0 Å². The van der Waals surface area contributed by atoms with Crippen molar-refractivity contribution in [3.8, 4) is 17.1 Å². The molecule has 0 unspecified atom stereocenters. The van der Waals surface area contributed by atoms with E-state index < -0.39 is 0 Å². The van der Waals surface area contributed by atoms with Crippen LogP contribution in [0.5, 0.6) is 5.88 Å². The first-order chi connectivity index (χ1) is 10.9. The van der Waals surface area contributed by atoms with E-state index in [2.05, 4.69) is 46.7 Å². The summed E-state index contributed by atoms with van der Waals surface area (Å²) >= 11 is 1.74. The number of hydrogen-bond donors (Lipinski definition) is 0. The van der Waals surface area contributed by atoms with Gasteiger partial charge in [-0.3, -0.25) is 0 Å². The van der Waals surface area contributed by atoms with Gasteiger partial charge in [0.2, 0.25) is 5.88 Å². The number of rotatable bonds is 4. The maximum Gasteiger partial charge on any atom is 0.231 e. The molecule has 0 N–H and O–H groups in total. The predicted octanol–water partition coefficient (Wildman–Crippen LogP) is 4.40. The second-order valence-corrected chi connectivity index (χ2v) is 5.99. The Morgan fingerprint density at radius 1 is 1.18 bits per heavy atom. The van der Waals surface area contributed by atoms with Crippen LogP contribution in [0.3, 0.4) is 0 Å². The van der Waals surface area contributed by atoms with E-state index in [9.17, 15) is 0 Å². The number of benzene rings is 1. The van der Waals surface area contributed by atoms with Crippen LogP contribution in [0.4, 0.5) is 0 Å². The minimum absolute atomic E-state index is 0.633. The van der Waals surface area contributed by atoms with Crippen LogP contribution in [0.25, 0.3) is 27.0 Å². The van der Waals surface area contributed by atoms with Gasteiger partial charge in [0.25, 0.3) is 0 Å². The second kappa shape index (κ2) is 5.42. The Morgan fingerprint density at radius 3 is 3.00 bits per heavy atom. The van der Waals surface area contributed by atoms with Crippen LogP contribution in [0.2, 0.25) is 0 Å². The summed E-state index contributed by atoms with van der Waals surface area (Å²) in [6.45, 7) is 2.75. The van der Waals surface area contributed by atoms with E-state index in [1.165, 1.54) is 10.1 Å². The van der Waals surface area contributed by atoms with E-state index in [-0.39, 0.29) is 0 Å². The Hall–Kier alpha value is -2.40. The van der Waals surface area contributed by atoms with Crippen molar-refractivity contribution in [2.45, 2.75) is 13.3 Å². The standard InChI is InChI=1S/C17H15N3OS/c1-2-9-21-17-8-7-16-18-10-14(20(16)19-17)13-11-22-15-6-4-3-5-12(13)15/h3-8,10-11H,2,9H2,1H3. The topological polar surface area (TPSA) is 39.4 Å². The summed E-state index contributed by atoms with van der Waals surface area (Å²) in [7, 11) is 0. The number of hydrogen-bond acceptors (Lipinski definition) is 4. The molecule has 1 aromatic carbocycles. The minimum Gasteiger partial charge on any atom is -0.477 e. The molecule has 3 aromatic heterocycles. The second-order valence-electron chi connectivity index (χ2n) is 5.08. The largest absolute Gasteiger partial charge is 0.477 e. The first-order valence-corrected chi connectivity index (χ1v) is 8.19. The summed E-state index contributed by atoms with van der Waals surface area (Å²) in [5.41, 5.74) is 2.98. The van der Waals surface area contributed by atoms with Gasteiger partial charge in [0.15, 0.2) is 5.65 Å². The Bertz CT molecular complexity index is 941. The molecule has 0 radical (unpaired) electrons. The predicted molar refractivity (Wildman–Crippen MR) is 89.6 cm³/mol. The number of thiophene rings is 1. The lowest BCUT2D eigenvalue weighted by molar-refractivity contribution is 0.300. The monoisotopic (exact) mass is 309 g/mol. The SMILES string of the molecule is CCCOc1ccc2ncc(-c3csc4ccccc34)n2n1. The molecule has 0 aliphatic rings. The summed E-state index contributed by atoms with van der Waals surface area (Å²) in [5, 5.41) is 7.97. The maximum atomic E-state index is 5.64. The van der Waals surface area contributed by atoms with Crippen molar-refractivity contribution in [2.24, 2.45) is 0 Å². The van der Waals surface area contributed by atoms with Crippen molar-refractivity contribution in [1.29, 1.82) is 0 Å². The molecule has 0 aliphatic carbocycles. The van der Waals surface area contributed by atoms with Gasteiger partial charge in [-0.15, -0.1) is 16.4 Å². The highest BCUT2D eigenvalue weighted by atomic mass is 32.1. The number of nitrogens with zero attached hydrogens (tertiary/aromatic N) is 3. The molecule has 110 valence electrons. The van der Waals surface area contributed by atoms with Crippen molar-refractivity contribution in [1.82, 2.24) is 14.6 Å². The van der Waals surface area contributed by atoms with E-state index in [0.29, 0.717) is 12.5 Å². The molecule has 3 heterocycles. The molecule has 0 amide bonds. The molecule has 0 fully saturated rings. The highest BCUT2D eigenvalue weighted by molar-refractivity contribution is 7.17. The lowest BCUT2D eigenvalue weighted by atomic mass is 10.1. The Morgan fingerprint density at radius 2 is 2.09 bits per heavy atom. The summed E-state index contributed by atoms with van der Waals surface area (Å²) in [6, 6.07) is 12.2. The average molecular weight is 309 g/mol. The van der Waals surface area contributed by atoms with Crippen LogP contribution in [0.15, 0.2) is 48.0 Å². The highest BCUT2D eigenvalue weighted by Crippen LogP contribution is 2.33. The fourth-order valence-electron chi connectivity index (χ4n) is 2.50. The molecule has 0 bridgehead atoms. The van der Waals surface area contributed by atoms with Crippen molar-refractivity contribution in [3.63, 3.8) is 0 Å². The summed E-state index contributed by atoms with van der Waals surface area (Å²) in [5.74, 6) is 0.633. The number of aromatic nitrogens is 3. The lowest BCUT2D eigenvalue weighted by Crippen LogP contribution is -2.01. The van der Waals surface area contributed by atoms with Gasteiger partial charge >= 0.3 is 0 Å². The van der Waals surface area contributed by atoms with Crippen molar-refractivity contribution in [3.05, 3.63) is 48.0 Å². The average Bonchev–Trinajstić information content (AvgIpc) is 3.16. The molecule has 0 saturated carbocycles. The number of fused-ring (bicyclic) bond motifs is 2. The molecule has 4 rings (SSSR count). The molecule has 0 aliphatic heterocycles. The van der Waals surface area contributed by atoms with E-state index in [4.69, 9.17) is 4.74 Å². The molecule has 0 saturated heterocycles. The number of imidazole rings is 1. The van der Waals surface area contributed by atoms with Crippen LogP contribution in [-0.4, -0.2) is 21.2 Å². The van der Waals surface area contributed by atoms with E-state index in [1.54, 1.807) is 11.3 Å². The van der Waals surface area contributed by atoms with Crippen molar-refractivity contribution < 1.29 is 4.74 Å². The zero-order chi connectivity index (χ0) is 14.9. The maximum absolute atomic E-state index is 5.64. The van der Waals surface area contributed by atoms with E-state index in [1.807, 2.05) is 22.8 Å². The van der Waals surface area contributed by atoms with Crippen LogP contribution in [-0.2, 0) is 0 Å². The Kier molecular flexibility index (Phi) is 3.27. The first kappa shape index (κ1) is 13.3. The van der Waals surface area contributed by atoms with Crippen LogP contribution in [0.1, 0.15) is 13.3 Å². The molecule has 22 heavy (non-hydrogen) atoms. The van der Waals surface area contributed by atoms with Crippen LogP contribution in [0, 0.1) is 0 Å². The molecule has 4 aromatic rings. The van der Waals surface area contributed by atoms with Gasteiger partial charge in [-0.1, -0.05) is 25.1 Å². The third-order valence-corrected chi connectivity index (χ3v) is 4.51. The van der Waals surface area contributed by atoms with Crippen molar-refractivity contribution in [2.75, 3.05) is 6.61 Å². The molecule has 5 heteroatoms. The summed E-state index contributed by atoms with van der Waals surface area (Å²) < 4.78 is 8.77. The fourth-order valence-corrected chi connectivity index (χ4v) is 3.45. The van der Waals surface area contributed by atoms with Gasteiger partial charge in [-0.25, -0.2) is 9.50 Å². The third kappa shape index (κ3) is 2.14. The lowest BCUT2D eigenvalue weighted by Gasteiger charge is -2.05. The smallest absolute Gasteiger partial charge is 0.231 e. The highest BCUT2D eigenvalue weighted by Gasteiger charge is 2.12. The first-order valence-electron chi connectivity index (χ1n) is 7.31. The van der Waals surface area contributed by atoms with Gasteiger partial charge in [0.1, 0.15) is 0 Å². The Labute approximate surface area is 132 Å². The normalized spacial score (nSPS) is 11.3. The molecule has 0 spiro atoms. The van der Waals surface area contributed by atoms with Gasteiger partial charge < -0.3 is 4.74 Å².